The molecule has 2 unspecified atom stereocenters. The minimum atomic E-state index is 0.241. The standard InChI is InChI=1S/C11H22N2O2/c1-14-10-2-4-13(5-3-10)6-9-7-15-8-11(9)12/h9-11H,2-8,12H2,1H3. The third-order valence-corrected chi connectivity index (χ3v) is 3.61. The van der Waals surface area contributed by atoms with Crippen LogP contribution in [0.3, 0.4) is 0 Å². The number of likely N-dealkylation sites (tertiary alicyclic amines) is 1. The molecule has 2 aliphatic rings. The summed E-state index contributed by atoms with van der Waals surface area (Å²) >= 11 is 0. The van der Waals surface area contributed by atoms with Gasteiger partial charge in [-0.25, -0.2) is 0 Å². The second-order valence-electron chi connectivity index (χ2n) is 4.70. The van der Waals surface area contributed by atoms with Gasteiger partial charge in [0.2, 0.25) is 0 Å². The van der Waals surface area contributed by atoms with Crippen molar-refractivity contribution in [2.45, 2.75) is 25.0 Å². The predicted molar refractivity (Wildman–Crippen MR) is 58.8 cm³/mol. The minimum Gasteiger partial charge on any atom is -0.381 e. The molecule has 2 heterocycles. The highest BCUT2D eigenvalue weighted by Gasteiger charge is 2.28. The van der Waals surface area contributed by atoms with E-state index in [-0.39, 0.29) is 6.04 Å². The number of methoxy groups -OCH3 is 1. The van der Waals surface area contributed by atoms with Crippen molar-refractivity contribution in [3.63, 3.8) is 0 Å². The van der Waals surface area contributed by atoms with Crippen LogP contribution in [-0.2, 0) is 9.47 Å². The van der Waals surface area contributed by atoms with E-state index in [0.29, 0.717) is 12.0 Å². The highest BCUT2D eigenvalue weighted by molar-refractivity contribution is 4.82. The van der Waals surface area contributed by atoms with Crippen molar-refractivity contribution in [2.24, 2.45) is 11.7 Å². The van der Waals surface area contributed by atoms with Crippen LogP contribution < -0.4 is 5.73 Å². The van der Waals surface area contributed by atoms with Gasteiger partial charge in [0, 0.05) is 38.7 Å². The number of rotatable bonds is 3. The molecule has 0 radical (unpaired) electrons. The molecule has 2 atom stereocenters. The Balaban J connectivity index is 1.72. The third-order valence-electron chi connectivity index (χ3n) is 3.61. The smallest absolute Gasteiger partial charge is 0.0621 e. The van der Waals surface area contributed by atoms with Crippen molar-refractivity contribution in [1.82, 2.24) is 4.90 Å². The Morgan fingerprint density at radius 2 is 2.07 bits per heavy atom. The topological polar surface area (TPSA) is 47.7 Å². The molecular weight excluding hydrogens is 192 g/mol. The quantitative estimate of drug-likeness (QED) is 0.722. The van der Waals surface area contributed by atoms with Crippen LogP contribution in [0.25, 0.3) is 0 Å². The zero-order valence-electron chi connectivity index (χ0n) is 9.52. The molecule has 0 aromatic heterocycles. The monoisotopic (exact) mass is 214 g/mol. The summed E-state index contributed by atoms with van der Waals surface area (Å²) in [6.45, 7) is 4.95. The van der Waals surface area contributed by atoms with Crippen LogP contribution in [0, 0.1) is 5.92 Å². The van der Waals surface area contributed by atoms with Gasteiger partial charge < -0.3 is 20.1 Å². The van der Waals surface area contributed by atoms with Crippen molar-refractivity contribution in [3.05, 3.63) is 0 Å². The van der Waals surface area contributed by atoms with Gasteiger partial charge in [0.25, 0.3) is 0 Å². The molecule has 0 saturated carbocycles. The fourth-order valence-corrected chi connectivity index (χ4v) is 2.46. The minimum absolute atomic E-state index is 0.241. The van der Waals surface area contributed by atoms with Crippen LogP contribution in [0.2, 0.25) is 0 Å². The van der Waals surface area contributed by atoms with Gasteiger partial charge in [0.15, 0.2) is 0 Å². The number of nitrogens with two attached hydrogens (primary N) is 1. The average molecular weight is 214 g/mol. The van der Waals surface area contributed by atoms with Crippen molar-refractivity contribution < 1.29 is 9.47 Å². The molecule has 0 spiro atoms. The van der Waals surface area contributed by atoms with Gasteiger partial charge in [-0.05, 0) is 12.8 Å². The van der Waals surface area contributed by atoms with E-state index < -0.39 is 0 Å². The van der Waals surface area contributed by atoms with Gasteiger partial charge in [0.05, 0.1) is 19.3 Å². The molecule has 15 heavy (non-hydrogen) atoms. The second kappa shape index (κ2) is 5.25. The lowest BCUT2D eigenvalue weighted by Gasteiger charge is -2.33. The van der Waals surface area contributed by atoms with Crippen LogP contribution in [-0.4, -0.2) is 57.0 Å². The van der Waals surface area contributed by atoms with Crippen molar-refractivity contribution in [3.8, 4) is 0 Å². The molecule has 4 nitrogen and oxygen atoms in total. The maximum Gasteiger partial charge on any atom is 0.0621 e. The van der Waals surface area contributed by atoms with Gasteiger partial charge in [-0.2, -0.15) is 0 Å². The van der Waals surface area contributed by atoms with Crippen molar-refractivity contribution >= 4 is 0 Å². The number of nitrogens with zero attached hydrogens (tertiary/aromatic N) is 1. The summed E-state index contributed by atoms with van der Waals surface area (Å²) in [7, 11) is 1.81. The molecule has 0 aromatic carbocycles. The number of piperidine rings is 1. The predicted octanol–water partition coefficient (Wildman–Crippen LogP) is 0.0709. The summed E-state index contributed by atoms with van der Waals surface area (Å²) in [6.07, 6.45) is 2.77. The fraction of sp³-hybridized carbons (Fsp3) is 1.00. The Kier molecular flexibility index (Phi) is 3.97. The number of hydrogen-bond acceptors (Lipinski definition) is 4. The lowest BCUT2D eigenvalue weighted by Crippen LogP contribution is -2.43. The maximum absolute atomic E-state index is 5.97. The summed E-state index contributed by atoms with van der Waals surface area (Å²) in [6, 6.07) is 0.241. The van der Waals surface area contributed by atoms with Crippen LogP contribution >= 0.6 is 0 Å². The van der Waals surface area contributed by atoms with Gasteiger partial charge in [-0.3, -0.25) is 0 Å². The number of ether oxygens (including phenoxy) is 2. The maximum atomic E-state index is 5.97. The first-order valence-electron chi connectivity index (χ1n) is 5.88. The number of hydrogen-bond donors (Lipinski definition) is 1. The van der Waals surface area contributed by atoms with Gasteiger partial charge in [0.1, 0.15) is 0 Å². The normalized spacial score (nSPS) is 34.8. The van der Waals surface area contributed by atoms with E-state index in [1.54, 1.807) is 7.11 Å². The van der Waals surface area contributed by atoms with E-state index in [0.717, 1.165) is 45.7 Å². The lowest BCUT2D eigenvalue weighted by atomic mass is 10.0. The molecule has 4 heteroatoms. The summed E-state index contributed by atoms with van der Waals surface area (Å²) < 4.78 is 10.7. The molecule has 2 rings (SSSR count). The first-order chi connectivity index (χ1) is 7.29. The molecule has 2 aliphatic heterocycles. The summed E-state index contributed by atoms with van der Waals surface area (Å²) in [5, 5.41) is 0. The summed E-state index contributed by atoms with van der Waals surface area (Å²) in [4.78, 5) is 2.49. The highest BCUT2D eigenvalue weighted by atomic mass is 16.5. The first-order valence-corrected chi connectivity index (χ1v) is 5.88. The fourth-order valence-electron chi connectivity index (χ4n) is 2.46. The van der Waals surface area contributed by atoms with Crippen molar-refractivity contribution in [2.75, 3.05) is 40.0 Å². The highest BCUT2D eigenvalue weighted by Crippen LogP contribution is 2.18. The van der Waals surface area contributed by atoms with Gasteiger partial charge in [-0.15, -0.1) is 0 Å². The van der Waals surface area contributed by atoms with E-state index in [1.807, 2.05) is 0 Å². The zero-order chi connectivity index (χ0) is 10.7. The zero-order valence-corrected chi connectivity index (χ0v) is 9.52. The van der Waals surface area contributed by atoms with E-state index >= 15 is 0 Å². The first kappa shape index (κ1) is 11.3. The van der Waals surface area contributed by atoms with Gasteiger partial charge >= 0.3 is 0 Å². The van der Waals surface area contributed by atoms with E-state index in [4.69, 9.17) is 15.2 Å². The van der Waals surface area contributed by atoms with Crippen LogP contribution in [0.1, 0.15) is 12.8 Å². The molecule has 0 bridgehead atoms. The lowest BCUT2D eigenvalue weighted by molar-refractivity contribution is 0.0354. The SMILES string of the molecule is COC1CCN(CC2COCC2N)CC1. The van der Waals surface area contributed by atoms with Crippen LogP contribution in [0.15, 0.2) is 0 Å². The molecule has 2 N–H and O–H groups in total. The summed E-state index contributed by atoms with van der Waals surface area (Å²) in [5.74, 6) is 0.532. The Hall–Kier alpha value is -0.160. The molecule has 88 valence electrons. The Morgan fingerprint density at radius 3 is 2.60 bits per heavy atom. The van der Waals surface area contributed by atoms with Crippen molar-refractivity contribution in [1.29, 1.82) is 0 Å². The molecule has 2 fully saturated rings. The average Bonchev–Trinajstić information content (AvgIpc) is 2.66. The largest absolute Gasteiger partial charge is 0.381 e. The molecule has 0 aliphatic carbocycles. The Bertz CT molecular complexity index is 193. The van der Waals surface area contributed by atoms with E-state index in [2.05, 4.69) is 4.90 Å². The summed E-state index contributed by atoms with van der Waals surface area (Å²) in [5.41, 5.74) is 5.97. The second-order valence-corrected chi connectivity index (χ2v) is 4.70. The molecular formula is C11H22N2O2. The molecule has 0 aromatic rings. The van der Waals surface area contributed by atoms with Gasteiger partial charge in [-0.1, -0.05) is 0 Å². The van der Waals surface area contributed by atoms with E-state index in [9.17, 15) is 0 Å². The third kappa shape index (κ3) is 2.91. The van der Waals surface area contributed by atoms with Crippen LogP contribution in [0.5, 0.6) is 0 Å². The molecule has 2 saturated heterocycles. The van der Waals surface area contributed by atoms with E-state index in [1.165, 1.54) is 0 Å². The molecule has 0 amide bonds. The Morgan fingerprint density at radius 1 is 1.33 bits per heavy atom. The Labute approximate surface area is 91.7 Å². The van der Waals surface area contributed by atoms with Crippen LogP contribution in [0.4, 0.5) is 0 Å².